The Hall–Kier alpha value is -4.13. The van der Waals surface area contributed by atoms with E-state index in [0.29, 0.717) is 23.5 Å². The summed E-state index contributed by atoms with van der Waals surface area (Å²) >= 11 is 0. The van der Waals surface area contributed by atoms with Crippen LogP contribution in [-0.2, 0) is 11.3 Å². The van der Waals surface area contributed by atoms with E-state index in [4.69, 9.17) is 0 Å². The highest BCUT2D eigenvalue weighted by atomic mass is 16.2. The maximum absolute atomic E-state index is 12.3. The Bertz CT molecular complexity index is 1190. The molecule has 0 unspecified atom stereocenters. The maximum atomic E-state index is 12.3. The molecular weight excluding hydrogens is 392 g/mol. The van der Waals surface area contributed by atoms with Gasteiger partial charge in [0.2, 0.25) is 5.91 Å². The van der Waals surface area contributed by atoms with Gasteiger partial charge >= 0.3 is 6.03 Å². The first kappa shape index (κ1) is 20.2. The van der Waals surface area contributed by atoms with Crippen LogP contribution in [0.3, 0.4) is 0 Å². The summed E-state index contributed by atoms with van der Waals surface area (Å²) in [5.74, 6) is -0.428. The molecule has 1 aliphatic heterocycles. The lowest BCUT2D eigenvalue weighted by Gasteiger charge is -2.12. The van der Waals surface area contributed by atoms with Crippen molar-refractivity contribution in [2.75, 3.05) is 16.0 Å². The highest BCUT2D eigenvalue weighted by molar-refractivity contribution is 6.07. The Balaban J connectivity index is 1.52. The predicted octanol–water partition coefficient (Wildman–Crippen LogP) is 4.51. The Morgan fingerprint density at radius 2 is 1.61 bits per heavy atom. The third-order valence-electron chi connectivity index (χ3n) is 4.95. The van der Waals surface area contributed by atoms with Gasteiger partial charge in [-0.25, -0.2) is 4.79 Å². The van der Waals surface area contributed by atoms with E-state index in [1.165, 1.54) is 6.92 Å². The number of carbonyl (C=O) groups excluding carboxylic acids is 3. The Labute approximate surface area is 179 Å². The Kier molecular flexibility index (Phi) is 5.41. The number of anilines is 3. The standard InChI is InChI=1S/C24H22N4O3/c1-14-4-3-5-20(10-14)28-24(31)27-19-8-6-16(7-9-19)17-11-18-13-25-23(30)22(18)21(12-17)26-15(2)29/h3-12H,13H2,1-2H3,(H,25,30)(H,26,29)(H2,27,28,31). The minimum Gasteiger partial charge on any atom is -0.348 e. The van der Waals surface area contributed by atoms with E-state index < -0.39 is 0 Å². The summed E-state index contributed by atoms with van der Waals surface area (Å²) in [7, 11) is 0. The summed E-state index contributed by atoms with van der Waals surface area (Å²) < 4.78 is 0. The SMILES string of the molecule is CC(=O)Nc1cc(-c2ccc(NC(=O)Nc3cccc(C)c3)cc2)cc2c1C(=O)NC2. The fraction of sp³-hybridized carbons (Fsp3) is 0.125. The zero-order chi connectivity index (χ0) is 22.0. The second kappa shape index (κ2) is 8.31. The molecule has 3 aromatic carbocycles. The van der Waals surface area contributed by atoms with Crippen molar-refractivity contribution in [1.29, 1.82) is 0 Å². The van der Waals surface area contributed by atoms with Gasteiger partial charge in [-0.15, -0.1) is 0 Å². The monoisotopic (exact) mass is 414 g/mol. The van der Waals surface area contributed by atoms with Gasteiger partial charge in [-0.2, -0.15) is 0 Å². The lowest BCUT2D eigenvalue weighted by molar-refractivity contribution is -0.114. The highest BCUT2D eigenvalue weighted by Gasteiger charge is 2.24. The van der Waals surface area contributed by atoms with Crippen LogP contribution in [0.2, 0.25) is 0 Å². The van der Waals surface area contributed by atoms with Gasteiger partial charge in [0, 0.05) is 24.8 Å². The van der Waals surface area contributed by atoms with Gasteiger partial charge < -0.3 is 21.3 Å². The van der Waals surface area contributed by atoms with E-state index >= 15 is 0 Å². The first-order valence-corrected chi connectivity index (χ1v) is 9.87. The molecule has 4 N–H and O–H groups in total. The normalized spacial score (nSPS) is 12.0. The molecule has 0 atom stereocenters. The van der Waals surface area contributed by atoms with Crippen LogP contribution in [0.25, 0.3) is 11.1 Å². The number of urea groups is 1. The smallest absolute Gasteiger partial charge is 0.323 e. The van der Waals surface area contributed by atoms with Gasteiger partial charge in [-0.1, -0.05) is 24.3 Å². The van der Waals surface area contributed by atoms with E-state index in [1.807, 2.05) is 49.4 Å². The Morgan fingerprint density at radius 3 is 2.32 bits per heavy atom. The summed E-state index contributed by atoms with van der Waals surface area (Å²) in [5, 5.41) is 11.2. The largest absolute Gasteiger partial charge is 0.348 e. The van der Waals surface area contributed by atoms with Gasteiger partial charge in [-0.05, 0) is 65.6 Å². The minimum absolute atomic E-state index is 0.190. The number of nitrogens with one attached hydrogen (secondary N) is 4. The van der Waals surface area contributed by atoms with E-state index in [-0.39, 0.29) is 17.8 Å². The predicted molar refractivity (Wildman–Crippen MR) is 121 cm³/mol. The second-order valence-corrected chi connectivity index (χ2v) is 7.45. The number of aryl methyl sites for hydroxylation is 1. The van der Waals surface area contributed by atoms with Crippen LogP contribution in [0, 0.1) is 6.92 Å². The van der Waals surface area contributed by atoms with Crippen LogP contribution in [-0.4, -0.2) is 17.8 Å². The molecule has 0 radical (unpaired) electrons. The van der Waals surface area contributed by atoms with E-state index in [1.54, 1.807) is 18.2 Å². The fourth-order valence-electron chi connectivity index (χ4n) is 3.59. The number of amides is 4. The maximum Gasteiger partial charge on any atom is 0.323 e. The Morgan fingerprint density at radius 1 is 0.871 bits per heavy atom. The average Bonchev–Trinajstić information content (AvgIpc) is 3.09. The van der Waals surface area contributed by atoms with Gasteiger partial charge in [-0.3, -0.25) is 9.59 Å². The number of fused-ring (bicyclic) bond motifs is 1. The molecule has 31 heavy (non-hydrogen) atoms. The van der Waals surface area contributed by atoms with Crippen LogP contribution in [0.15, 0.2) is 60.7 Å². The third-order valence-corrected chi connectivity index (χ3v) is 4.95. The summed E-state index contributed by atoms with van der Waals surface area (Å²) in [6.07, 6.45) is 0. The molecule has 4 amide bonds. The van der Waals surface area contributed by atoms with Crippen molar-refractivity contribution in [3.05, 3.63) is 77.4 Å². The first-order chi connectivity index (χ1) is 14.9. The first-order valence-electron chi connectivity index (χ1n) is 9.87. The van der Waals surface area contributed by atoms with Crippen molar-refractivity contribution in [2.45, 2.75) is 20.4 Å². The van der Waals surface area contributed by atoms with Crippen molar-refractivity contribution in [3.63, 3.8) is 0 Å². The van der Waals surface area contributed by atoms with E-state index in [0.717, 1.165) is 27.9 Å². The lowest BCUT2D eigenvalue weighted by Crippen LogP contribution is -2.19. The van der Waals surface area contributed by atoms with Crippen LogP contribution in [0.4, 0.5) is 21.9 Å². The number of benzene rings is 3. The molecule has 4 rings (SSSR count). The highest BCUT2D eigenvalue weighted by Crippen LogP contribution is 2.32. The van der Waals surface area contributed by atoms with Crippen molar-refractivity contribution in [3.8, 4) is 11.1 Å². The molecule has 0 fully saturated rings. The molecule has 7 heteroatoms. The molecule has 0 spiro atoms. The molecule has 156 valence electrons. The number of hydrogen-bond donors (Lipinski definition) is 4. The van der Waals surface area contributed by atoms with Crippen LogP contribution in [0.5, 0.6) is 0 Å². The molecule has 0 bridgehead atoms. The zero-order valence-corrected chi connectivity index (χ0v) is 17.2. The molecule has 7 nitrogen and oxygen atoms in total. The zero-order valence-electron chi connectivity index (χ0n) is 17.2. The quantitative estimate of drug-likeness (QED) is 0.505. The van der Waals surface area contributed by atoms with Crippen molar-refractivity contribution >= 4 is 34.9 Å². The fourth-order valence-corrected chi connectivity index (χ4v) is 3.59. The van der Waals surface area contributed by atoms with Crippen LogP contribution >= 0.6 is 0 Å². The number of carbonyl (C=O) groups is 3. The van der Waals surface area contributed by atoms with Crippen molar-refractivity contribution in [2.24, 2.45) is 0 Å². The van der Waals surface area contributed by atoms with Gasteiger partial charge in [0.05, 0.1) is 11.3 Å². The second-order valence-electron chi connectivity index (χ2n) is 7.45. The van der Waals surface area contributed by atoms with Crippen molar-refractivity contribution < 1.29 is 14.4 Å². The van der Waals surface area contributed by atoms with Crippen LogP contribution in [0.1, 0.15) is 28.4 Å². The molecule has 0 aliphatic carbocycles. The van der Waals surface area contributed by atoms with E-state index in [2.05, 4.69) is 21.3 Å². The summed E-state index contributed by atoms with van der Waals surface area (Å²) in [4.78, 5) is 35.9. The third kappa shape index (κ3) is 4.56. The summed E-state index contributed by atoms with van der Waals surface area (Å²) in [5.41, 5.74) is 6.04. The van der Waals surface area contributed by atoms with E-state index in [9.17, 15) is 14.4 Å². The molecule has 0 saturated heterocycles. The molecule has 0 saturated carbocycles. The lowest BCUT2D eigenvalue weighted by atomic mass is 9.98. The molecule has 1 aliphatic rings. The molecule has 1 heterocycles. The summed E-state index contributed by atoms with van der Waals surface area (Å²) in [6.45, 7) is 3.80. The minimum atomic E-state index is -0.326. The number of hydrogen-bond acceptors (Lipinski definition) is 3. The average molecular weight is 414 g/mol. The van der Waals surface area contributed by atoms with Crippen molar-refractivity contribution in [1.82, 2.24) is 5.32 Å². The topological polar surface area (TPSA) is 99.3 Å². The molecule has 3 aromatic rings. The van der Waals surface area contributed by atoms with Gasteiger partial charge in [0.15, 0.2) is 0 Å². The number of rotatable bonds is 4. The van der Waals surface area contributed by atoms with Crippen LogP contribution < -0.4 is 21.3 Å². The van der Waals surface area contributed by atoms with Gasteiger partial charge in [0.1, 0.15) is 0 Å². The molecule has 0 aromatic heterocycles. The van der Waals surface area contributed by atoms with Gasteiger partial charge in [0.25, 0.3) is 5.91 Å². The molecular formula is C24H22N4O3. The summed E-state index contributed by atoms with van der Waals surface area (Å²) in [6, 6.07) is 18.3.